The smallest absolute Gasteiger partial charge is 0.401 e. The maximum atomic E-state index is 13.9. The van der Waals surface area contributed by atoms with E-state index in [0.29, 0.717) is 48.0 Å². The quantitative estimate of drug-likeness (QED) is 0.292. The monoisotopic (exact) mass is 558 g/mol. The van der Waals surface area contributed by atoms with Gasteiger partial charge in [-0.05, 0) is 48.2 Å². The van der Waals surface area contributed by atoms with Crippen molar-refractivity contribution in [3.63, 3.8) is 0 Å². The summed E-state index contributed by atoms with van der Waals surface area (Å²) in [6.45, 7) is 0.0350. The van der Waals surface area contributed by atoms with Gasteiger partial charge in [0.25, 0.3) is 0 Å². The number of hydrogen-bond donors (Lipinski definition) is 1. The number of carbonyl (C=O) groups is 1. The SMILES string of the molecule is COc1ccc2c(c1)C[C@H](C(=O)c1cn(C[C@H]3CCN3CC(F)(F)F)c3cc(-c4cn[nH]c4Cl)ccc13)CO2. The Morgan fingerprint density at radius 2 is 2.10 bits per heavy atom. The Morgan fingerprint density at radius 3 is 2.79 bits per heavy atom. The molecule has 0 saturated carbocycles. The van der Waals surface area contributed by atoms with Gasteiger partial charge in [-0.25, -0.2) is 0 Å². The topological polar surface area (TPSA) is 72.4 Å². The highest BCUT2D eigenvalue weighted by atomic mass is 35.5. The van der Waals surface area contributed by atoms with Crippen LogP contribution in [-0.4, -0.2) is 64.5 Å². The summed E-state index contributed by atoms with van der Waals surface area (Å²) >= 11 is 6.27. The van der Waals surface area contributed by atoms with Gasteiger partial charge in [0.1, 0.15) is 16.7 Å². The van der Waals surface area contributed by atoms with E-state index in [9.17, 15) is 18.0 Å². The van der Waals surface area contributed by atoms with Gasteiger partial charge in [-0.2, -0.15) is 18.3 Å². The molecule has 39 heavy (non-hydrogen) atoms. The lowest BCUT2D eigenvalue weighted by Gasteiger charge is -2.41. The molecule has 1 saturated heterocycles. The summed E-state index contributed by atoms with van der Waals surface area (Å²) in [5, 5.41) is 7.82. The molecular formula is C28H26ClF3N4O3. The number of methoxy groups -OCH3 is 1. The molecule has 204 valence electrons. The zero-order chi connectivity index (χ0) is 27.3. The van der Waals surface area contributed by atoms with E-state index in [1.807, 2.05) is 41.0 Å². The molecule has 0 radical (unpaired) electrons. The summed E-state index contributed by atoms with van der Waals surface area (Å²) in [5.74, 6) is 0.953. The fourth-order valence-corrected chi connectivity index (χ4v) is 5.74. The molecule has 2 atom stereocenters. The first-order valence-corrected chi connectivity index (χ1v) is 13.0. The fourth-order valence-electron chi connectivity index (χ4n) is 5.53. The third-order valence-electron chi connectivity index (χ3n) is 7.65. The average Bonchev–Trinajstić information content (AvgIpc) is 3.51. The van der Waals surface area contributed by atoms with Gasteiger partial charge in [0.15, 0.2) is 5.78 Å². The van der Waals surface area contributed by atoms with Gasteiger partial charge in [0.05, 0.1) is 32.4 Å². The number of aromatic nitrogens is 3. The Bertz CT molecular complexity index is 1550. The first-order chi connectivity index (χ1) is 18.7. The van der Waals surface area contributed by atoms with E-state index in [1.54, 1.807) is 19.5 Å². The van der Waals surface area contributed by atoms with Gasteiger partial charge in [-0.1, -0.05) is 23.7 Å². The van der Waals surface area contributed by atoms with Crippen molar-refractivity contribution in [2.45, 2.75) is 31.6 Å². The predicted octanol–water partition coefficient (Wildman–Crippen LogP) is 5.76. The van der Waals surface area contributed by atoms with E-state index >= 15 is 0 Å². The molecule has 0 bridgehead atoms. The van der Waals surface area contributed by atoms with Crippen LogP contribution in [0.2, 0.25) is 5.15 Å². The minimum absolute atomic E-state index is 0.0675. The standard InChI is InChI=1S/C28H26ClF3N4O3/c1-38-20-3-5-25-17(9-20)8-18(14-39-25)26(37)23-13-36(12-19-6-7-35(19)15-28(30,31)32)24-10-16(2-4-21(23)24)22-11-33-34-27(22)29/h2-5,9-11,13,18-19H,6-8,12,14-15H2,1H3,(H,33,34)/t18-,19+/m0/s1. The molecule has 0 spiro atoms. The number of carbonyl (C=O) groups excluding carboxylic acids is 1. The average molecular weight is 559 g/mol. The van der Waals surface area contributed by atoms with Crippen molar-refractivity contribution in [2.75, 3.05) is 26.8 Å². The van der Waals surface area contributed by atoms with Crippen molar-refractivity contribution in [1.29, 1.82) is 0 Å². The Balaban J connectivity index is 1.35. The van der Waals surface area contributed by atoms with Crippen LogP contribution in [0.4, 0.5) is 13.2 Å². The number of ether oxygens (including phenoxy) is 2. The zero-order valence-corrected chi connectivity index (χ0v) is 21.9. The number of fused-ring (bicyclic) bond motifs is 2. The molecule has 2 aromatic carbocycles. The normalized spacial score (nSPS) is 19.4. The van der Waals surface area contributed by atoms with Crippen molar-refractivity contribution in [2.24, 2.45) is 5.92 Å². The van der Waals surface area contributed by atoms with Gasteiger partial charge >= 0.3 is 6.18 Å². The van der Waals surface area contributed by atoms with Gasteiger partial charge in [-0.15, -0.1) is 0 Å². The first-order valence-electron chi connectivity index (χ1n) is 12.7. The van der Waals surface area contributed by atoms with Gasteiger partial charge < -0.3 is 14.0 Å². The number of alkyl halides is 3. The molecule has 7 nitrogen and oxygen atoms in total. The van der Waals surface area contributed by atoms with Crippen LogP contribution in [0.15, 0.2) is 48.8 Å². The van der Waals surface area contributed by atoms with Crippen LogP contribution in [-0.2, 0) is 13.0 Å². The van der Waals surface area contributed by atoms with Crippen molar-refractivity contribution >= 4 is 28.3 Å². The summed E-state index contributed by atoms with van der Waals surface area (Å²) < 4.78 is 52.4. The number of halogens is 4. The Labute approximate surface area is 227 Å². The molecule has 1 N–H and O–H groups in total. The number of H-pyrrole nitrogens is 1. The maximum Gasteiger partial charge on any atom is 0.401 e. The van der Waals surface area contributed by atoms with Crippen LogP contribution < -0.4 is 9.47 Å². The van der Waals surface area contributed by atoms with Gasteiger partial charge in [0, 0.05) is 47.4 Å². The van der Waals surface area contributed by atoms with E-state index < -0.39 is 18.6 Å². The minimum Gasteiger partial charge on any atom is -0.497 e. The van der Waals surface area contributed by atoms with E-state index in [4.69, 9.17) is 21.1 Å². The Kier molecular flexibility index (Phi) is 6.55. The molecule has 4 aromatic rings. The third kappa shape index (κ3) is 4.98. The van der Waals surface area contributed by atoms with Crippen LogP contribution >= 0.6 is 11.6 Å². The molecular weight excluding hydrogens is 533 g/mol. The lowest BCUT2D eigenvalue weighted by molar-refractivity contribution is -0.162. The number of aromatic amines is 1. The summed E-state index contributed by atoms with van der Waals surface area (Å²) in [6, 6.07) is 10.9. The van der Waals surface area contributed by atoms with Crippen molar-refractivity contribution in [3.05, 3.63) is 65.1 Å². The Morgan fingerprint density at radius 1 is 1.26 bits per heavy atom. The van der Waals surface area contributed by atoms with E-state index in [2.05, 4.69) is 10.2 Å². The first kappa shape index (κ1) is 25.8. The van der Waals surface area contributed by atoms with Crippen molar-refractivity contribution in [1.82, 2.24) is 19.7 Å². The summed E-state index contributed by atoms with van der Waals surface area (Å²) in [6.07, 6.45) is 0.289. The summed E-state index contributed by atoms with van der Waals surface area (Å²) in [7, 11) is 1.59. The molecule has 2 aliphatic rings. The van der Waals surface area contributed by atoms with E-state index in [-0.39, 0.29) is 18.4 Å². The molecule has 1 fully saturated rings. The second kappa shape index (κ2) is 9.91. The number of Topliss-reactive ketones (excluding diaryl/α,β-unsaturated/α-hetero) is 1. The summed E-state index contributed by atoms with van der Waals surface area (Å²) in [4.78, 5) is 15.3. The fraction of sp³-hybridized carbons (Fsp3) is 0.357. The van der Waals surface area contributed by atoms with Crippen molar-refractivity contribution in [3.8, 4) is 22.6 Å². The highest BCUT2D eigenvalue weighted by Crippen LogP contribution is 2.36. The van der Waals surface area contributed by atoms with Crippen LogP contribution in [0.25, 0.3) is 22.0 Å². The molecule has 0 aliphatic carbocycles. The highest BCUT2D eigenvalue weighted by molar-refractivity contribution is 6.32. The van der Waals surface area contributed by atoms with Crippen LogP contribution in [0.3, 0.4) is 0 Å². The number of nitrogens with zero attached hydrogens (tertiary/aromatic N) is 3. The number of rotatable bonds is 7. The second-order valence-electron chi connectivity index (χ2n) is 10.1. The molecule has 6 rings (SSSR count). The number of nitrogens with one attached hydrogen (secondary N) is 1. The number of likely N-dealkylation sites (tertiary alicyclic amines) is 1. The van der Waals surface area contributed by atoms with Crippen LogP contribution in [0.5, 0.6) is 11.5 Å². The molecule has 2 aromatic heterocycles. The molecule has 0 unspecified atom stereocenters. The summed E-state index contributed by atoms with van der Waals surface area (Å²) in [5.41, 5.74) is 3.68. The second-order valence-corrected chi connectivity index (χ2v) is 10.5. The largest absolute Gasteiger partial charge is 0.497 e. The molecule has 11 heteroatoms. The minimum atomic E-state index is -4.26. The molecule has 2 aliphatic heterocycles. The lowest BCUT2D eigenvalue weighted by atomic mass is 9.89. The maximum absolute atomic E-state index is 13.9. The van der Waals surface area contributed by atoms with Crippen LogP contribution in [0, 0.1) is 5.92 Å². The highest BCUT2D eigenvalue weighted by Gasteiger charge is 2.38. The van der Waals surface area contributed by atoms with Crippen LogP contribution in [0.1, 0.15) is 22.3 Å². The van der Waals surface area contributed by atoms with Gasteiger partial charge in [0.2, 0.25) is 0 Å². The van der Waals surface area contributed by atoms with E-state index in [0.717, 1.165) is 27.8 Å². The zero-order valence-electron chi connectivity index (χ0n) is 21.1. The lowest BCUT2D eigenvalue weighted by Crippen LogP contribution is -2.53. The number of hydrogen-bond acceptors (Lipinski definition) is 5. The predicted molar refractivity (Wildman–Crippen MR) is 141 cm³/mol. The Hall–Kier alpha value is -3.50. The van der Waals surface area contributed by atoms with Gasteiger partial charge in [-0.3, -0.25) is 14.8 Å². The van der Waals surface area contributed by atoms with E-state index in [1.165, 1.54) is 4.90 Å². The number of benzene rings is 2. The third-order valence-corrected chi connectivity index (χ3v) is 7.94. The van der Waals surface area contributed by atoms with Crippen molar-refractivity contribution < 1.29 is 27.4 Å². The molecule has 0 amide bonds. The molecule has 4 heterocycles. The number of ketones is 1.